The first-order valence-electron chi connectivity index (χ1n) is 14.8. The number of benzene rings is 3. The van der Waals surface area contributed by atoms with Gasteiger partial charge in [-0.3, -0.25) is 9.78 Å². The first kappa shape index (κ1) is 32.4. The van der Waals surface area contributed by atoms with Crippen molar-refractivity contribution in [3.05, 3.63) is 119 Å². The van der Waals surface area contributed by atoms with E-state index in [0.29, 0.717) is 24.4 Å². The molecule has 11 heteroatoms. The van der Waals surface area contributed by atoms with Gasteiger partial charge in [-0.05, 0) is 48.2 Å². The Morgan fingerprint density at radius 1 is 0.956 bits per heavy atom. The van der Waals surface area contributed by atoms with Crippen LogP contribution in [0.4, 0.5) is 10.6 Å². The summed E-state index contributed by atoms with van der Waals surface area (Å²) in [5.41, 5.74) is 2.37. The topological polar surface area (TPSA) is 114 Å². The second-order valence-electron chi connectivity index (χ2n) is 10.6. The molecule has 1 aliphatic rings. The number of morpholine rings is 1. The molecule has 0 saturated carbocycles. The van der Waals surface area contributed by atoms with Gasteiger partial charge < -0.3 is 25.4 Å². The van der Waals surface area contributed by atoms with E-state index in [1.165, 1.54) is 13.3 Å². The summed E-state index contributed by atoms with van der Waals surface area (Å²) >= 11 is 7.75. The van der Waals surface area contributed by atoms with Gasteiger partial charge in [0, 0.05) is 47.1 Å². The molecule has 0 radical (unpaired) electrons. The molecule has 3 aromatic carbocycles. The molecule has 0 aliphatic carbocycles. The molecule has 1 aromatic heterocycles. The highest BCUT2D eigenvalue weighted by molar-refractivity contribution is 7.99. The van der Waals surface area contributed by atoms with Crippen molar-refractivity contribution < 1.29 is 19.1 Å². The molecule has 1 fully saturated rings. The van der Waals surface area contributed by atoms with Crippen LogP contribution >= 0.6 is 23.4 Å². The van der Waals surface area contributed by atoms with Gasteiger partial charge in [-0.1, -0.05) is 72.3 Å². The standard InChI is InChI=1S/C34H36ClN5O4S/c1-43-34(42)39-31(30(23-8-4-2-5-9-23)24-10-6-3-7-11-24)33(41)40-32-29(37-18-19-38-32)17-14-26-20-36-21-27(44-26)22-45-28-15-12-25(35)13-16-28/h2-13,15-16,18-19,26-27,30-31,36H,14,17,20-22H2,1H3,(H,39,42)(H,38,40,41)/t26-,27+,31+/m1/s1. The normalized spacial score (nSPS) is 17.0. The SMILES string of the molecule is COC(=O)N[C@H](C(=O)Nc1nccnc1CC[C@@H]1CNC[C@@H](CSc2ccc(Cl)cc2)O1)C(c1ccccc1)c1ccccc1. The number of amides is 2. The lowest BCUT2D eigenvalue weighted by Gasteiger charge is -2.31. The number of nitrogens with zero attached hydrogens (tertiary/aromatic N) is 2. The Hall–Kier alpha value is -3.96. The fourth-order valence-corrected chi connectivity index (χ4v) is 6.32. The Balaban J connectivity index is 1.27. The number of hydrogen-bond donors (Lipinski definition) is 3. The summed E-state index contributed by atoms with van der Waals surface area (Å²) in [6.07, 6.45) is 3.71. The fraction of sp³-hybridized carbons (Fsp3) is 0.294. The lowest BCUT2D eigenvalue weighted by Crippen LogP contribution is -2.48. The second kappa shape index (κ2) is 16.4. The van der Waals surface area contributed by atoms with Crippen LogP contribution in [0.3, 0.4) is 0 Å². The smallest absolute Gasteiger partial charge is 0.407 e. The largest absolute Gasteiger partial charge is 0.453 e. The first-order valence-corrected chi connectivity index (χ1v) is 16.2. The molecule has 5 rings (SSSR count). The summed E-state index contributed by atoms with van der Waals surface area (Å²) in [6, 6.07) is 26.0. The number of ether oxygens (including phenoxy) is 2. The monoisotopic (exact) mass is 645 g/mol. The maximum Gasteiger partial charge on any atom is 0.407 e. The van der Waals surface area contributed by atoms with Crippen LogP contribution in [0.5, 0.6) is 0 Å². The number of methoxy groups -OCH3 is 1. The lowest BCUT2D eigenvalue weighted by molar-refractivity contribution is -0.118. The van der Waals surface area contributed by atoms with E-state index in [-0.39, 0.29) is 12.2 Å². The van der Waals surface area contributed by atoms with Crippen LogP contribution in [0.15, 0.2) is 102 Å². The van der Waals surface area contributed by atoms with Gasteiger partial charge in [0.05, 0.1) is 25.0 Å². The van der Waals surface area contributed by atoms with E-state index in [0.717, 1.165) is 39.9 Å². The van der Waals surface area contributed by atoms with Gasteiger partial charge >= 0.3 is 6.09 Å². The van der Waals surface area contributed by atoms with Gasteiger partial charge in [0.2, 0.25) is 5.91 Å². The fourth-order valence-electron chi connectivity index (χ4n) is 5.29. The average molecular weight is 646 g/mol. The maximum absolute atomic E-state index is 14.0. The zero-order valence-corrected chi connectivity index (χ0v) is 26.5. The number of aryl methyl sites for hydroxylation is 1. The van der Waals surface area contributed by atoms with Crippen molar-refractivity contribution in [1.82, 2.24) is 20.6 Å². The van der Waals surface area contributed by atoms with Gasteiger partial charge in [0.1, 0.15) is 6.04 Å². The predicted octanol–water partition coefficient (Wildman–Crippen LogP) is 5.71. The lowest BCUT2D eigenvalue weighted by atomic mass is 9.84. The summed E-state index contributed by atoms with van der Waals surface area (Å²) in [7, 11) is 1.27. The number of rotatable bonds is 12. The molecular formula is C34H36ClN5O4S. The molecule has 1 aliphatic heterocycles. The Labute approximate surface area is 272 Å². The minimum atomic E-state index is -0.998. The van der Waals surface area contributed by atoms with Crippen LogP contribution < -0.4 is 16.0 Å². The van der Waals surface area contributed by atoms with Crippen LogP contribution in [0.1, 0.15) is 29.2 Å². The quantitative estimate of drug-likeness (QED) is 0.168. The number of halogens is 1. The molecule has 45 heavy (non-hydrogen) atoms. The summed E-state index contributed by atoms with van der Waals surface area (Å²) in [5, 5.41) is 9.90. The zero-order chi connectivity index (χ0) is 31.4. The highest BCUT2D eigenvalue weighted by atomic mass is 35.5. The second-order valence-corrected chi connectivity index (χ2v) is 12.1. The van der Waals surface area contributed by atoms with E-state index in [2.05, 4.69) is 25.9 Å². The predicted molar refractivity (Wildman–Crippen MR) is 177 cm³/mol. The molecule has 0 unspecified atom stereocenters. The van der Waals surface area contributed by atoms with Gasteiger partial charge in [-0.2, -0.15) is 0 Å². The van der Waals surface area contributed by atoms with Crippen molar-refractivity contribution in [3.8, 4) is 0 Å². The number of thioether (sulfide) groups is 1. The van der Waals surface area contributed by atoms with Crippen LogP contribution in [-0.4, -0.2) is 66.2 Å². The first-order chi connectivity index (χ1) is 22.0. The number of carbonyl (C=O) groups is 2. The third-order valence-electron chi connectivity index (χ3n) is 7.49. The Morgan fingerprint density at radius 2 is 1.60 bits per heavy atom. The van der Waals surface area contributed by atoms with Crippen molar-refractivity contribution >= 4 is 41.2 Å². The Morgan fingerprint density at radius 3 is 2.27 bits per heavy atom. The summed E-state index contributed by atoms with van der Waals surface area (Å²) < 4.78 is 11.3. The molecule has 0 spiro atoms. The van der Waals surface area contributed by atoms with E-state index in [9.17, 15) is 9.59 Å². The molecule has 4 aromatic rings. The van der Waals surface area contributed by atoms with E-state index >= 15 is 0 Å². The molecule has 3 N–H and O–H groups in total. The van der Waals surface area contributed by atoms with E-state index in [4.69, 9.17) is 21.1 Å². The number of nitrogens with one attached hydrogen (secondary N) is 3. The summed E-state index contributed by atoms with van der Waals surface area (Å²) in [4.78, 5) is 36.6. The Kier molecular flexibility index (Phi) is 11.8. The van der Waals surface area contributed by atoms with E-state index in [1.54, 1.807) is 18.0 Å². The molecule has 2 amide bonds. The van der Waals surface area contributed by atoms with Gasteiger partial charge in [0.15, 0.2) is 5.82 Å². The molecule has 9 nitrogen and oxygen atoms in total. The minimum Gasteiger partial charge on any atom is -0.453 e. The van der Waals surface area contributed by atoms with E-state index < -0.39 is 24.0 Å². The average Bonchev–Trinajstić information content (AvgIpc) is 3.08. The van der Waals surface area contributed by atoms with Crippen LogP contribution in [0.25, 0.3) is 0 Å². The van der Waals surface area contributed by atoms with Crippen LogP contribution in [0.2, 0.25) is 5.02 Å². The summed E-state index contributed by atoms with van der Waals surface area (Å²) in [6.45, 7) is 1.51. The number of aromatic nitrogens is 2. The van der Waals surface area contributed by atoms with Crippen molar-refractivity contribution in [1.29, 1.82) is 0 Å². The van der Waals surface area contributed by atoms with Crippen molar-refractivity contribution in [2.75, 3.05) is 31.3 Å². The van der Waals surface area contributed by atoms with Crippen LogP contribution in [-0.2, 0) is 20.7 Å². The van der Waals surface area contributed by atoms with Crippen LogP contribution in [0, 0.1) is 0 Å². The Bertz CT molecular complexity index is 1490. The number of hydrogen-bond acceptors (Lipinski definition) is 8. The minimum absolute atomic E-state index is 0.0191. The highest BCUT2D eigenvalue weighted by Crippen LogP contribution is 2.30. The molecule has 0 bridgehead atoms. The zero-order valence-electron chi connectivity index (χ0n) is 24.9. The third-order valence-corrected chi connectivity index (χ3v) is 8.89. The molecule has 234 valence electrons. The van der Waals surface area contributed by atoms with Crippen molar-refractivity contribution in [2.24, 2.45) is 0 Å². The van der Waals surface area contributed by atoms with Gasteiger partial charge in [-0.15, -0.1) is 11.8 Å². The number of anilines is 1. The number of carbonyl (C=O) groups excluding carboxylic acids is 2. The van der Waals surface area contributed by atoms with Crippen molar-refractivity contribution in [2.45, 2.75) is 41.9 Å². The third kappa shape index (κ3) is 9.27. The molecule has 1 saturated heterocycles. The maximum atomic E-state index is 14.0. The molecule has 3 atom stereocenters. The number of alkyl carbamates (subject to hydrolysis) is 1. The highest BCUT2D eigenvalue weighted by Gasteiger charge is 2.33. The van der Waals surface area contributed by atoms with E-state index in [1.807, 2.05) is 84.9 Å². The molecule has 2 heterocycles. The summed E-state index contributed by atoms with van der Waals surface area (Å²) in [5.74, 6) is 0.235. The van der Waals surface area contributed by atoms with Gasteiger partial charge in [-0.25, -0.2) is 9.78 Å². The van der Waals surface area contributed by atoms with Gasteiger partial charge in [0.25, 0.3) is 0 Å². The van der Waals surface area contributed by atoms with Crippen molar-refractivity contribution in [3.63, 3.8) is 0 Å². The molecular weight excluding hydrogens is 610 g/mol.